The van der Waals surface area contributed by atoms with Gasteiger partial charge in [0, 0.05) is 35.4 Å². The average Bonchev–Trinajstić information content (AvgIpc) is 2.84. The predicted octanol–water partition coefficient (Wildman–Crippen LogP) is 3.26. The lowest BCUT2D eigenvalue weighted by Gasteiger charge is -2.31. The summed E-state index contributed by atoms with van der Waals surface area (Å²) in [5.41, 5.74) is 0.583. The monoisotopic (exact) mass is 318 g/mol. The van der Waals surface area contributed by atoms with E-state index in [9.17, 15) is 9.59 Å². The molecule has 1 amide bonds. The molecule has 0 aliphatic carbocycles. The van der Waals surface area contributed by atoms with Crippen molar-refractivity contribution in [1.29, 1.82) is 0 Å². The fourth-order valence-electron chi connectivity index (χ4n) is 3.30. The Morgan fingerprint density at radius 3 is 2.91 bits per heavy atom. The molecule has 2 aromatic rings. The Kier molecular flexibility index (Phi) is 4.08. The van der Waals surface area contributed by atoms with Crippen molar-refractivity contribution >= 4 is 27.3 Å². The fraction of sp³-hybridized carbons (Fsp3) is 0.529. The molecule has 1 atom stereocenters. The van der Waals surface area contributed by atoms with Crippen LogP contribution in [0.4, 0.5) is 0 Å². The number of nitrogens with zero attached hydrogens (tertiary/aromatic N) is 2. The van der Waals surface area contributed by atoms with Crippen LogP contribution in [0.3, 0.4) is 0 Å². The molecule has 3 rings (SSSR count). The van der Waals surface area contributed by atoms with Crippen LogP contribution in [0.2, 0.25) is 0 Å². The van der Waals surface area contributed by atoms with E-state index in [1.54, 1.807) is 15.9 Å². The summed E-state index contributed by atoms with van der Waals surface area (Å²) in [4.78, 5) is 28.5. The van der Waals surface area contributed by atoms with Gasteiger partial charge in [-0.3, -0.25) is 9.59 Å². The number of thiophene rings is 1. The molecule has 1 fully saturated rings. The van der Waals surface area contributed by atoms with Gasteiger partial charge in [-0.15, -0.1) is 11.3 Å². The molecule has 0 radical (unpaired) electrons. The van der Waals surface area contributed by atoms with Crippen LogP contribution in [0.15, 0.2) is 17.1 Å². The average molecular weight is 318 g/mol. The Bertz CT molecular complexity index is 775. The van der Waals surface area contributed by atoms with Gasteiger partial charge in [0.15, 0.2) is 0 Å². The van der Waals surface area contributed by atoms with Crippen LogP contribution in [0, 0.1) is 12.8 Å². The quantitative estimate of drug-likeness (QED) is 0.853. The highest BCUT2D eigenvalue weighted by atomic mass is 32.1. The predicted molar refractivity (Wildman–Crippen MR) is 90.8 cm³/mol. The number of carbonyl (C=O) groups is 1. The summed E-state index contributed by atoms with van der Waals surface area (Å²) in [6, 6.07) is 1.95. The smallest absolute Gasteiger partial charge is 0.260 e. The molecular formula is C17H22N2O2S. The molecule has 2 aromatic heterocycles. The topological polar surface area (TPSA) is 42.3 Å². The number of hydrogen-bond acceptors (Lipinski definition) is 3. The van der Waals surface area contributed by atoms with Crippen LogP contribution in [0.1, 0.15) is 41.9 Å². The summed E-state index contributed by atoms with van der Waals surface area (Å²) >= 11 is 1.54. The minimum Gasteiger partial charge on any atom is -0.338 e. The number of fused-ring (bicyclic) bond motifs is 1. The summed E-state index contributed by atoms with van der Waals surface area (Å²) in [5.74, 6) is 0.566. The second kappa shape index (κ2) is 5.88. The molecule has 5 heteroatoms. The highest BCUT2D eigenvalue weighted by Crippen LogP contribution is 2.30. The molecule has 0 saturated carbocycles. The van der Waals surface area contributed by atoms with Gasteiger partial charge in [-0.2, -0.15) is 0 Å². The second-order valence-electron chi connectivity index (χ2n) is 6.18. The molecule has 1 aliphatic rings. The molecule has 0 bridgehead atoms. The zero-order valence-electron chi connectivity index (χ0n) is 13.4. The van der Waals surface area contributed by atoms with E-state index in [4.69, 9.17) is 0 Å². The van der Waals surface area contributed by atoms with Crippen molar-refractivity contribution in [3.8, 4) is 0 Å². The highest BCUT2D eigenvalue weighted by Gasteiger charge is 2.27. The first-order chi connectivity index (χ1) is 10.5. The van der Waals surface area contributed by atoms with E-state index < -0.39 is 0 Å². The van der Waals surface area contributed by atoms with Crippen molar-refractivity contribution in [2.75, 3.05) is 13.1 Å². The molecule has 0 unspecified atom stereocenters. The molecule has 0 aromatic carbocycles. The molecule has 1 aliphatic heterocycles. The van der Waals surface area contributed by atoms with Crippen molar-refractivity contribution in [3.63, 3.8) is 0 Å². The molecular weight excluding hydrogens is 296 g/mol. The van der Waals surface area contributed by atoms with Crippen LogP contribution in [0.25, 0.3) is 10.1 Å². The van der Waals surface area contributed by atoms with E-state index >= 15 is 0 Å². The third kappa shape index (κ3) is 2.47. The molecule has 0 spiro atoms. The molecule has 3 heterocycles. The largest absolute Gasteiger partial charge is 0.338 e. The van der Waals surface area contributed by atoms with Crippen molar-refractivity contribution in [3.05, 3.63) is 33.1 Å². The number of amides is 1. The number of rotatable bonds is 2. The van der Waals surface area contributed by atoms with Crippen molar-refractivity contribution in [1.82, 2.24) is 9.47 Å². The Labute approximate surface area is 134 Å². The van der Waals surface area contributed by atoms with E-state index in [1.807, 2.05) is 31.0 Å². The maximum absolute atomic E-state index is 13.0. The maximum Gasteiger partial charge on any atom is 0.260 e. The summed E-state index contributed by atoms with van der Waals surface area (Å²) in [6.45, 7) is 8.29. The molecule has 4 nitrogen and oxygen atoms in total. The molecule has 1 saturated heterocycles. The van der Waals surface area contributed by atoms with Gasteiger partial charge in [0.1, 0.15) is 0 Å². The van der Waals surface area contributed by atoms with Gasteiger partial charge < -0.3 is 9.47 Å². The Hall–Kier alpha value is -1.62. The standard InChI is InChI=1S/C17H22N2O2S/c1-4-18-9-7-13-15(17(18)21)14(12(3)22-13)16(20)19-8-5-6-11(2)10-19/h7,9,11H,4-6,8,10H2,1-3H3/t11-/m0/s1. The van der Waals surface area contributed by atoms with E-state index in [0.717, 1.165) is 29.1 Å². The zero-order chi connectivity index (χ0) is 15.9. The van der Waals surface area contributed by atoms with Gasteiger partial charge in [0.05, 0.1) is 10.9 Å². The SMILES string of the molecule is CCn1ccc2sc(C)c(C(=O)N3CCC[C@H](C)C3)c2c1=O. The van der Waals surface area contributed by atoms with E-state index in [0.29, 0.717) is 23.4 Å². The van der Waals surface area contributed by atoms with E-state index in [2.05, 4.69) is 6.92 Å². The first kappa shape index (κ1) is 15.3. The lowest BCUT2D eigenvalue weighted by Crippen LogP contribution is -2.39. The van der Waals surface area contributed by atoms with Crippen LogP contribution in [0.5, 0.6) is 0 Å². The number of aromatic nitrogens is 1. The highest BCUT2D eigenvalue weighted by molar-refractivity contribution is 7.19. The summed E-state index contributed by atoms with van der Waals surface area (Å²) in [7, 11) is 0. The van der Waals surface area contributed by atoms with Crippen LogP contribution in [-0.2, 0) is 6.54 Å². The minimum absolute atomic E-state index is 0.0289. The summed E-state index contributed by atoms with van der Waals surface area (Å²) < 4.78 is 2.59. The van der Waals surface area contributed by atoms with Gasteiger partial charge in [-0.05, 0) is 38.7 Å². The van der Waals surface area contributed by atoms with Crippen LogP contribution in [-0.4, -0.2) is 28.5 Å². The van der Waals surface area contributed by atoms with Gasteiger partial charge >= 0.3 is 0 Å². The minimum atomic E-state index is -0.0437. The van der Waals surface area contributed by atoms with Crippen LogP contribution < -0.4 is 5.56 Å². The molecule has 22 heavy (non-hydrogen) atoms. The summed E-state index contributed by atoms with van der Waals surface area (Å²) in [5, 5.41) is 0.607. The molecule has 0 N–H and O–H groups in total. The van der Waals surface area contributed by atoms with E-state index in [-0.39, 0.29) is 11.5 Å². The maximum atomic E-state index is 13.0. The lowest BCUT2D eigenvalue weighted by atomic mass is 9.99. The number of likely N-dealkylation sites (tertiary alicyclic amines) is 1. The number of hydrogen-bond donors (Lipinski definition) is 0. The zero-order valence-corrected chi connectivity index (χ0v) is 14.2. The van der Waals surface area contributed by atoms with Crippen molar-refractivity contribution in [2.24, 2.45) is 5.92 Å². The van der Waals surface area contributed by atoms with Gasteiger partial charge in [-0.1, -0.05) is 6.92 Å². The Morgan fingerprint density at radius 2 is 2.23 bits per heavy atom. The number of pyridine rings is 1. The second-order valence-corrected chi connectivity index (χ2v) is 7.43. The number of piperidine rings is 1. The van der Waals surface area contributed by atoms with Gasteiger partial charge in [-0.25, -0.2) is 0 Å². The van der Waals surface area contributed by atoms with Crippen molar-refractivity contribution < 1.29 is 4.79 Å². The van der Waals surface area contributed by atoms with Gasteiger partial charge in [0.2, 0.25) is 0 Å². The third-order valence-corrected chi connectivity index (χ3v) is 5.56. The fourth-order valence-corrected chi connectivity index (χ4v) is 4.35. The molecule has 118 valence electrons. The Balaban J connectivity index is 2.11. The first-order valence-electron chi connectivity index (χ1n) is 7.94. The summed E-state index contributed by atoms with van der Waals surface area (Å²) in [6.07, 6.45) is 4.04. The normalized spacial score (nSPS) is 18.9. The number of aryl methyl sites for hydroxylation is 2. The lowest BCUT2D eigenvalue weighted by molar-refractivity contribution is 0.0685. The number of carbonyl (C=O) groups excluding carboxylic acids is 1. The van der Waals surface area contributed by atoms with Crippen LogP contribution >= 0.6 is 11.3 Å². The first-order valence-corrected chi connectivity index (χ1v) is 8.76. The van der Waals surface area contributed by atoms with E-state index in [1.165, 1.54) is 6.42 Å². The third-order valence-electron chi connectivity index (χ3n) is 4.49. The Morgan fingerprint density at radius 1 is 1.45 bits per heavy atom. The van der Waals surface area contributed by atoms with Gasteiger partial charge in [0.25, 0.3) is 11.5 Å². The van der Waals surface area contributed by atoms with Crippen molar-refractivity contribution in [2.45, 2.75) is 40.2 Å².